The summed E-state index contributed by atoms with van der Waals surface area (Å²) in [6.07, 6.45) is 4.29. The first-order valence-electron chi connectivity index (χ1n) is 11.3. The van der Waals surface area contributed by atoms with Crippen molar-refractivity contribution in [1.82, 2.24) is 20.4 Å². The second-order valence-corrected chi connectivity index (χ2v) is 8.70. The zero-order chi connectivity index (χ0) is 21.9. The Balaban J connectivity index is 1.39. The highest BCUT2D eigenvalue weighted by atomic mass is 16.1. The number of hydrogen-bond donors (Lipinski definition) is 2. The lowest BCUT2D eigenvalue weighted by Crippen LogP contribution is -2.37. The van der Waals surface area contributed by atoms with Crippen molar-refractivity contribution in [3.05, 3.63) is 89.6 Å². The Morgan fingerprint density at radius 2 is 1.84 bits per heavy atom. The number of carbonyl (C=O) groups excluding carboxylic acids is 1. The minimum Gasteiger partial charge on any atom is -0.344 e. The molecule has 1 amide bonds. The maximum Gasteiger partial charge on any atom is 0.251 e. The number of benzene rings is 3. The Kier molecular flexibility index (Phi) is 5.73. The maximum atomic E-state index is 13.3. The number of rotatable bonds is 6. The summed E-state index contributed by atoms with van der Waals surface area (Å²) < 4.78 is 0. The molecule has 2 N–H and O–H groups in total. The number of carbonyl (C=O) groups is 1. The molecule has 5 rings (SSSR count). The van der Waals surface area contributed by atoms with Crippen molar-refractivity contribution in [2.45, 2.75) is 25.8 Å². The lowest BCUT2D eigenvalue weighted by molar-refractivity contribution is 0.0927. The number of H-pyrrole nitrogens is 1. The molecule has 0 saturated carbocycles. The zero-order valence-corrected chi connectivity index (χ0v) is 18.3. The fourth-order valence-corrected chi connectivity index (χ4v) is 4.55. The number of amides is 1. The summed E-state index contributed by atoms with van der Waals surface area (Å²) in [6, 6.07) is 22.4. The van der Waals surface area contributed by atoms with E-state index in [2.05, 4.69) is 63.7 Å². The molecule has 3 aromatic carbocycles. The summed E-state index contributed by atoms with van der Waals surface area (Å²) in [5, 5.41) is 11.4. The number of nitrogens with one attached hydrogen (secondary N) is 2. The first-order chi connectivity index (χ1) is 15.7. The smallest absolute Gasteiger partial charge is 0.251 e. The van der Waals surface area contributed by atoms with Crippen molar-refractivity contribution in [3.8, 4) is 11.1 Å². The van der Waals surface area contributed by atoms with Gasteiger partial charge in [0.1, 0.15) is 0 Å². The van der Waals surface area contributed by atoms with Crippen LogP contribution in [0.3, 0.4) is 0 Å². The third-order valence-corrected chi connectivity index (χ3v) is 6.29. The minimum absolute atomic E-state index is 0.0357. The largest absolute Gasteiger partial charge is 0.344 e. The Labute approximate surface area is 188 Å². The topological polar surface area (TPSA) is 61.0 Å². The van der Waals surface area contributed by atoms with Gasteiger partial charge in [0, 0.05) is 17.5 Å². The second kappa shape index (κ2) is 8.97. The van der Waals surface area contributed by atoms with Crippen LogP contribution in [0.4, 0.5) is 0 Å². The molecule has 1 aromatic heterocycles. The van der Waals surface area contributed by atoms with Crippen LogP contribution in [-0.2, 0) is 0 Å². The molecule has 2 heterocycles. The minimum atomic E-state index is -0.0399. The molecule has 162 valence electrons. The van der Waals surface area contributed by atoms with Crippen LogP contribution < -0.4 is 5.32 Å². The summed E-state index contributed by atoms with van der Waals surface area (Å²) >= 11 is 0. The predicted octanol–water partition coefficient (Wildman–Crippen LogP) is 5.11. The van der Waals surface area contributed by atoms with Crippen molar-refractivity contribution in [2.75, 3.05) is 19.6 Å². The third kappa shape index (κ3) is 4.43. The highest BCUT2D eigenvalue weighted by Crippen LogP contribution is 2.25. The van der Waals surface area contributed by atoms with Gasteiger partial charge in [-0.05, 0) is 73.8 Å². The Morgan fingerprint density at radius 3 is 2.69 bits per heavy atom. The van der Waals surface area contributed by atoms with Crippen LogP contribution in [0.5, 0.6) is 0 Å². The van der Waals surface area contributed by atoms with Crippen molar-refractivity contribution in [2.24, 2.45) is 0 Å². The van der Waals surface area contributed by atoms with Crippen LogP contribution in [0, 0.1) is 6.92 Å². The van der Waals surface area contributed by atoms with Gasteiger partial charge in [0.15, 0.2) is 0 Å². The van der Waals surface area contributed by atoms with Crippen LogP contribution in [-0.4, -0.2) is 40.6 Å². The van der Waals surface area contributed by atoms with Crippen LogP contribution in [0.15, 0.2) is 72.9 Å². The molecule has 1 fully saturated rings. The van der Waals surface area contributed by atoms with Crippen molar-refractivity contribution >= 4 is 16.8 Å². The van der Waals surface area contributed by atoms with Gasteiger partial charge in [0.25, 0.3) is 5.91 Å². The van der Waals surface area contributed by atoms with E-state index in [1.807, 2.05) is 36.5 Å². The van der Waals surface area contributed by atoms with E-state index in [-0.39, 0.29) is 11.9 Å². The van der Waals surface area contributed by atoms with E-state index in [0.717, 1.165) is 47.2 Å². The molecule has 1 aliphatic heterocycles. The lowest BCUT2D eigenvalue weighted by Gasteiger charge is -2.25. The Hall–Kier alpha value is -3.44. The van der Waals surface area contributed by atoms with E-state index >= 15 is 0 Å². The normalized spacial score (nSPS) is 15.2. The van der Waals surface area contributed by atoms with Crippen molar-refractivity contribution < 1.29 is 4.79 Å². The number of aromatic amines is 1. The number of likely N-dealkylation sites (tertiary alicyclic amines) is 1. The van der Waals surface area contributed by atoms with E-state index in [1.165, 1.54) is 18.4 Å². The SMILES string of the molecule is Cc1cccc(C(CN2CCCC2)NC(=O)c2cccc(-c3ccc4[nH]ncc4c3)c2)c1. The van der Waals surface area contributed by atoms with Gasteiger partial charge in [-0.25, -0.2) is 0 Å². The van der Waals surface area contributed by atoms with E-state index in [0.29, 0.717) is 5.56 Å². The lowest BCUT2D eigenvalue weighted by atomic mass is 10.0. The third-order valence-electron chi connectivity index (χ3n) is 6.29. The molecule has 32 heavy (non-hydrogen) atoms. The van der Waals surface area contributed by atoms with Crippen molar-refractivity contribution in [1.29, 1.82) is 0 Å². The maximum absolute atomic E-state index is 13.3. The van der Waals surface area contributed by atoms with Gasteiger partial charge < -0.3 is 10.2 Å². The molecule has 1 atom stereocenters. The summed E-state index contributed by atoms with van der Waals surface area (Å²) in [6.45, 7) is 5.14. The van der Waals surface area contributed by atoms with Gasteiger partial charge >= 0.3 is 0 Å². The van der Waals surface area contributed by atoms with E-state index < -0.39 is 0 Å². The highest BCUT2D eigenvalue weighted by Gasteiger charge is 2.21. The van der Waals surface area contributed by atoms with Gasteiger partial charge in [0.05, 0.1) is 17.8 Å². The molecule has 1 aliphatic rings. The van der Waals surface area contributed by atoms with Gasteiger partial charge in [-0.2, -0.15) is 5.10 Å². The van der Waals surface area contributed by atoms with Crippen LogP contribution in [0.1, 0.15) is 40.4 Å². The molecular weight excluding hydrogens is 396 g/mol. The molecule has 1 unspecified atom stereocenters. The average Bonchev–Trinajstić information content (AvgIpc) is 3.50. The average molecular weight is 425 g/mol. The van der Waals surface area contributed by atoms with Crippen molar-refractivity contribution in [3.63, 3.8) is 0 Å². The molecule has 4 aromatic rings. The highest BCUT2D eigenvalue weighted by molar-refractivity contribution is 5.96. The van der Waals surface area contributed by atoms with Crippen LogP contribution in [0.2, 0.25) is 0 Å². The molecule has 5 nitrogen and oxygen atoms in total. The molecule has 0 radical (unpaired) electrons. The summed E-state index contributed by atoms with van der Waals surface area (Å²) in [7, 11) is 0. The predicted molar refractivity (Wildman–Crippen MR) is 129 cm³/mol. The van der Waals surface area contributed by atoms with Gasteiger partial charge in [0.2, 0.25) is 0 Å². The van der Waals surface area contributed by atoms with E-state index in [4.69, 9.17) is 0 Å². The summed E-state index contributed by atoms with van der Waals surface area (Å²) in [4.78, 5) is 15.7. The first-order valence-corrected chi connectivity index (χ1v) is 11.3. The van der Waals surface area contributed by atoms with E-state index in [9.17, 15) is 4.79 Å². The molecule has 0 spiro atoms. The zero-order valence-electron chi connectivity index (χ0n) is 18.3. The number of nitrogens with zero attached hydrogens (tertiary/aromatic N) is 2. The van der Waals surface area contributed by atoms with Crippen LogP contribution in [0.25, 0.3) is 22.0 Å². The van der Waals surface area contributed by atoms with Gasteiger partial charge in [-0.15, -0.1) is 0 Å². The molecule has 0 bridgehead atoms. The Bertz CT molecular complexity index is 1240. The van der Waals surface area contributed by atoms with Gasteiger partial charge in [-0.1, -0.05) is 48.0 Å². The second-order valence-electron chi connectivity index (χ2n) is 8.70. The van der Waals surface area contributed by atoms with Crippen LogP contribution >= 0.6 is 0 Å². The fraction of sp³-hybridized carbons (Fsp3) is 0.259. The summed E-state index contributed by atoms with van der Waals surface area (Å²) in [5.74, 6) is -0.0399. The van der Waals surface area contributed by atoms with E-state index in [1.54, 1.807) is 0 Å². The number of aromatic nitrogens is 2. The van der Waals surface area contributed by atoms with Gasteiger partial charge in [-0.3, -0.25) is 9.89 Å². The molecule has 1 saturated heterocycles. The quantitative estimate of drug-likeness (QED) is 0.452. The summed E-state index contributed by atoms with van der Waals surface area (Å²) in [5.41, 5.74) is 6.14. The molecular formula is C27H28N4O. The molecule has 0 aliphatic carbocycles. The molecule has 5 heteroatoms. The standard InChI is InChI=1S/C27H28N4O/c1-19-6-4-8-22(14-19)26(18-31-12-2-3-13-31)29-27(32)23-9-5-7-20(15-23)21-10-11-25-24(16-21)17-28-30-25/h4-11,14-17,26H,2-3,12-13,18H2,1H3,(H,28,30)(H,29,32). The Morgan fingerprint density at radius 1 is 1.03 bits per heavy atom. The fourth-order valence-electron chi connectivity index (χ4n) is 4.55. The number of aryl methyl sites for hydroxylation is 1. The number of hydrogen-bond acceptors (Lipinski definition) is 3. The number of fused-ring (bicyclic) bond motifs is 1. The monoisotopic (exact) mass is 424 g/mol. The first kappa shape index (κ1) is 20.5.